The molecule has 21 heavy (non-hydrogen) atoms. The van der Waals surface area contributed by atoms with Crippen LogP contribution in [0.25, 0.3) is 16.6 Å². The molecule has 0 amide bonds. The van der Waals surface area contributed by atoms with E-state index in [4.69, 9.17) is 5.73 Å². The summed E-state index contributed by atoms with van der Waals surface area (Å²) in [5.74, 6) is 0. The number of aryl methyl sites for hydroxylation is 1. The molecule has 0 unspecified atom stereocenters. The number of hydrogen-bond acceptors (Lipinski definition) is 3. The number of aromatic nitrogens is 3. The first-order valence-electron chi connectivity index (χ1n) is 6.92. The number of halogens is 1. The molecule has 0 radical (unpaired) electrons. The van der Waals surface area contributed by atoms with E-state index in [0.29, 0.717) is 0 Å². The Kier molecular flexibility index (Phi) is 3.45. The Bertz CT molecular complexity index is 836. The summed E-state index contributed by atoms with van der Waals surface area (Å²) in [5, 5.41) is 5.62. The maximum atomic E-state index is 6.08. The van der Waals surface area contributed by atoms with Gasteiger partial charge in [-0.2, -0.15) is 5.10 Å². The fourth-order valence-corrected chi connectivity index (χ4v) is 3.12. The van der Waals surface area contributed by atoms with Gasteiger partial charge in [-0.25, -0.2) is 4.68 Å². The Hall–Kier alpha value is -1.88. The highest BCUT2D eigenvalue weighted by Gasteiger charge is 2.15. The van der Waals surface area contributed by atoms with Crippen molar-refractivity contribution < 1.29 is 0 Å². The van der Waals surface area contributed by atoms with Gasteiger partial charge in [0, 0.05) is 27.4 Å². The first-order chi connectivity index (χ1) is 10.0. The summed E-state index contributed by atoms with van der Waals surface area (Å²) in [6, 6.07) is 5.89. The zero-order valence-corrected chi connectivity index (χ0v) is 13.9. The van der Waals surface area contributed by atoms with E-state index in [9.17, 15) is 0 Å². The summed E-state index contributed by atoms with van der Waals surface area (Å²) in [7, 11) is 0. The molecule has 0 aliphatic carbocycles. The van der Waals surface area contributed by atoms with Crippen molar-refractivity contribution in [3.8, 4) is 5.69 Å². The van der Waals surface area contributed by atoms with Crippen molar-refractivity contribution in [1.82, 2.24) is 14.8 Å². The summed E-state index contributed by atoms with van der Waals surface area (Å²) < 4.78 is 2.89. The van der Waals surface area contributed by atoms with Crippen LogP contribution in [0.3, 0.4) is 0 Å². The molecule has 0 bridgehead atoms. The normalized spacial score (nSPS) is 11.2. The molecule has 2 heterocycles. The van der Waals surface area contributed by atoms with Gasteiger partial charge in [-0.15, -0.1) is 0 Å². The monoisotopic (exact) mass is 344 g/mol. The minimum atomic E-state index is 0.722. The molecule has 2 aromatic heterocycles. The maximum Gasteiger partial charge on any atom is 0.0980 e. The average molecular weight is 345 g/mol. The van der Waals surface area contributed by atoms with Crippen LogP contribution in [0.1, 0.15) is 23.9 Å². The van der Waals surface area contributed by atoms with E-state index in [2.05, 4.69) is 39.9 Å². The van der Waals surface area contributed by atoms with Crippen LogP contribution in [-0.4, -0.2) is 14.8 Å². The van der Waals surface area contributed by atoms with Crippen molar-refractivity contribution in [3.05, 3.63) is 45.8 Å². The van der Waals surface area contributed by atoms with E-state index in [1.807, 2.05) is 29.8 Å². The van der Waals surface area contributed by atoms with Gasteiger partial charge < -0.3 is 5.73 Å². The van der Waals surface area contributed by atoms with Crippen LogP contribution < -0.4 is 5.73 Å². The number of benzene rings is 1. The number of hydrogen-bond donors (Lipinski definition) is 1. The van der Waals surface area contributed by atoms with Crippen molar-refractivity contribution in [3.63, 3.8) is 0 Å². The van der Waals surface area contributed by atoms with Crippen LogP contribution in [0, 0.1) is 13.8 Å². The van der Waals surface area contributed by atoms with Gasteiger partial charge in [0.1, 0.15) is 0 Å². The molecule has 3 rings (SSSR count). The molecular formula is C16H17BrN4. The van der Waals surface area contributed by atoms with Crippen LogP contribution in [0.15, 0.2) is 28.9 Å². The second-order valence-corrected chi connectivity index (χ2v) is 6.05. The van der Waals surface area contributed by atoms with Crippen molar-refractivity contribution in [2.24, 2.45) is 0 Å². The Morgan fingerprint density at radius 2 is 2.05 bits per heavy atom. The van der Waals surface area contributed by atoms with Crippen molar-refractivity contribution in [2.45, 2.75) is 27.2 Å². The Morgan fingerprint density at radius 1 is 1.29 bits per heavy atom. The van der Waals surface area contributed by atoms with Gasteiger partial charge in [0.05, 0.1) is 16.9 Å². The lowest BCUT2D eigenvalue weighted by Crippen LogP contribution is -2.03. The summed E-state index contributed by atoms with van der Waals surface area (Å²) in [6.45, 7) is 6.30. The predicted octanol–water partition coefficient (Wildman–Crippen LogP) is 3.94. The number of nitrogen functional groups attached to an aromatic ring is 1. The fraction of sp³-hybridized carbons (Fsp3) is 0.250. The van der Waals surface area contributed by atoms with E-state index in [0.717, 1.165) is 44.6 Å². The quantitative estimate of drug-likeness (QED) is 0.716. The standard InChI is InChI=1S/C16H17BrN4/c1-4-12-9(2)20-21(10(12)3)15-6-5-14(18)13-7-11(17)8-19-16(13)15/h5-8H,4,18H2,1-3H3. The molecule has 0 atom stereocenters. The van der Waals surface area contributed by atoms with E-state index in [1.54, 1.807) is 6.20 Å². The number of anilines is 1. The summed E-state index contributed by atoms with van der Waals surface area (Å²) in [5.41, 5.74) is 12.1. The molecule has 4 nitrogen and oxygen atoms in total. The third kappa shape index (κ3) is 2.21. The van der Waals surface area contributed by atoms with E-state index < -0.39 is 0 Å². The molecule has 0 fully saturated rings. The van der Waals surface area contributed by atoms with Gasteiger partial charge in [0.2, 0.25) is 0 Å². The van der Waals surface area contributed by atoms with Crippen molar-refractivity contribution in [2.75, 3.05) is 5.73 Å². The molecule has 3 aromatic rings. The number of rotatable bonds is 2. The lowest BCUT2D eigenvalue weighted by Gasteiger charge is -2.10. The van der Waals surface area contributed by atoms with E-state index in [1.165, 1.54) is 5.56 Å². The molecular weight excluding hydrogens is 328 g/mol. The van der Waals surface area contributed by atoms with Crippen molar-refractivity contribution >= 4 is 32.5 Å². The molecule has 1 aromatic carbocycles. The SMILES string of the molecule is CCc1c(C)nn(-c2ccc(N)c3cc(Br)cnc23)c1C. The summed E-state index contributed by atoms with van der Waals surface area (Å²) >= 11 is 3.45. The molecule has 0 saturated heterocycles. The third-order valence-corrected chi connectivity index (χ3v) is 4.29. The van der Waals surface area contributed by atoms with Crippen LogP contribution in [0.2, 0.25) is 0 Å². The lowest BCUT2D eigenvalue weighted by molar-refractivity contribution is 0.836. The van der Waals surface area contributed by atoms with Crippen molar-refractivity contribution in [1.29, 1.82) is 0 Å². The Labute approximate surface area is 132 Å². The van der Waals surface area contributed by atoms with Crippen LogP contribution in [0.5, 0.6) is 0 Å². The largest absolute Gasteiger partial charge is 0.398 e. The van der Waals surface area contributed by atoms with Gasteiger partial charge >= 0.3 is 0 Å². The van der Waals surface area contributed by atoms with Crippen LogP contribution in [-0.2, 0) is 6.42 Å². The number of fused-ring (bicyclic) bond motifs is 1. The Balaban J connectivity index is 2.34. The molecule has 0 spiro atoms. The summed E-state index contributed by atoms with van der Waals surface area (Å²) in [4.78, 5) is 4.54. The van der Waals surface area contributed by atoms with E-state index >= 15 is 0 Å². The van der Waals surface area contributed by atoms with Crippen LogP contribution in [0.4, 0.5) is 5.69 Å². The maximum absolute atomic E-state index is 6.08. The highest BCUT2D eigenvalue weighted by molar-refractivity contribution is 9.10. The van der Waals surface area contributed by atoms with Gasteiger partial charge in [-0.05, 0) is 60.0 Å². The third-order valence-electron chi connectivity index (χ3n) is 3.85. The highest BCUT2D eigenvalue weighted by atomic mass is 79.9. The molecule has 0 aliphatic rings. The molecule has 0 aliphatic heterocycles. The first-order valence-corrected chi connectivity index (χ1v) is 7.71. The van der Waals surface area contributed by atoms with Crippen LogP contribution >= 0.6 is 15.9 Å². The number of pyridine rings is 1. The molecule has 5 heteroatoms. The minimum absolute atomic E-state index is 0.722. The highest BCUT2D eigenvalue weighted by Crippen LogP contribution is 2.29. The summed E-state index contributed by atoms with van der Waals surface area (Å²) in [6.07, 6.45) is 2.77. The molecule has 2 N–H and O–H groups in total. The molecule has 108 valence electrons. The Morgan fingerprint density at radius 3 is 2.71 bits per heavy atom. The number of nitrogens with two attached hydrogens (primary N) is 1. The lowest BCUT2D eigenvalue weighted by atomic mass is 10.1. The van der Waals surface area contributed by atoms with Gasteiger partial charge in [-0.1, -0.05) is 6.92 Å². The second kappa shape index (κ2) is 5.15. The minimum Gasteiger partial charge on any atom is -0.398 e. The molecule has 0 saturated carbocycles. The topological polar surface area (TPSA) is 56.7 Å². The average Bonchev–Trinajstić information content (AvgIpc) is 2.74. The zero-order valence-electron chi connectivity index (χ0n) is 12.3. The zero-order chi connectivity index (χ0) is 15.1. The first kappa shape index (κ1) is 14.1. The second-order valence-electron chi connectivity index (χ2n) is 5.14. The van der Waals surface area contributed by atoms with E-state index in [-0.39, 0.29) is 0 Å². The van der Waals surface area contributed by atoms with Gasteiger partial charge in [-0.3, -0.25) is 4.98 Å². The smallest absolute Gasteiger partial charge is 0.0980 e. The number of nitrogens with zero attached hydrogens (tertiary/aromatic N) is 3. The predicted molar refractivity (Wildman–Crippen MR) is 89.8 cm³/mol. The fourth-order valence-electron chi connectivity index (χ4n) is 2.79. The van der Waals surface area contributed by atoms with Gasteiger partial charge in [0.15, 0.2) is 0 Å². The van der Waals surface area contributed by atoms with Gasteiger partial charge in [0.25, 0.3) is 0 Å².